The van der Waals surface area contributed by atoms with Crippen molar-refractivity contribution in [3.8, 4) is 11.5 Å². The highest BCUT2D eigenvalue weighted by molar-refractivity contribution is 5.95. The summed E-state index contributed by atoms with van der Waals surface area (Å²) in [6.45, 7) is 4.95. The molecule has 0 fully saturated rings. The number of amides is 1. The molecule has 1 aromatic rings. The molecule has 0 aliphatic rings. The number of carboxylic acids is 1. The fourth-order valence-corrected chi connectivity index (χ4v) is 1.70. The number of ether oxygens (including phenoxy) is 2. The van der Waals surface area contributed by atoms with Crippen molar-refractivity contribution in [1.29, 1.82) is 0 Å². The topological polar surface area (TPSA) is 84.9 Å². The lowest BCUT2D eigenvalue weighted by molar-refractivity contribution is -0.146. The van der Waals surface area contributed by atoms with Crippen LogP contribution in [-0.2, 0) is 4.79 Å². The summed E-state index contributed by atoms with van der Waals surface area (Å²) < 4.78 is 10.4. The SMILES string of the molecule is COc1cc(C(=O)NCC(C)(C)C(=O)O)cc(OC)c1C. The lowest BCUT2D eigenvalue weighted by Gasteiger charge is -2.20. The van der Waals surface area contributed by atoms with Crippen LogP contribution in [0.2, 0.25) is 0 Å². The van der Waals surface area contributed by atoms with Gasteiger partial charge in [-0.05, 0) is 32.9 Å². The smallest absolute Gasteiger partial charge is 0.310 e. The minimum Gasteiger partial charge on any atom is -0.496 e. The van der Waals surface area contributed by atoms with Crippen molar-refractivity contribution in [2.24, 2.45) is 5.41 Å². The molecule has 0 aromatic heterocycles. The summed E-state index contributed by atoms with van der Waals surface area (Å²) in [6, 6.07) is 3.20. The van der Waals surface area contributed by atoms with Crippen LogP contribution in [0.3, 0.4) is 0 Å². The summed E-state index contributed by atoms with van der Waals surface area (Å²) in [5, 5.41) is 11.6. The van der Waals surface area contributed by atoms with Gasteiger partial charge in [0.15, 0.2) is 0 Å². The van der Waals surface area contributed by atoms with Crippen molar-refractivity contribution < 1.29 is 24.2 Å². The molecule has 0 bridgehead atoms. The maximum absolute atomic E-state index is 12.1. The van der Waals surface area contributed by atoms with Crippen LogP contribution in [0.5, 0.6) is 11.5 Å². The number of carbonyl (C=O) groups excluding carboxylic acids is 1. The molecule has 6 nitrogen and oxygen atoms in total. The van der Waals surface area contributed by atoms with E-state index in [0.29, 0.717) is 17.1 Å². The molecule has 0 heterocycles. The van der Waals surface area contributed by atoms with E-state index < -0.39 is 11.4 Å². The molecular formula is C15H21NO5. The first-order valence-corrected chi connectivity index (χ1v) is 6.47. The van der Waals surface area contributed by atoms with E-state index in [1.807, 2.05) is 6.92 Å². The Hall–Kier alpha value is -2.24. The van der Waals surface area contributed by atoms with Crippen LogP contribution in [0.1, 0.15) is 29.8 Å². The number of carboxylic acid groups (broad SMARTS) is 1. The van der Waals surface area contributed by atoms with Crippen molar-refractivity contribution in [1.82, 2.24) is 5.32 Å². The van der Waals surface area contributed by atoms with Crippen LogP contribution in [0, 0.1) is 12.3 Å². The maximum Gasteiger partial charge on any atom is 0.310 e. The standard InChI is InChI=1S/C15H21NO5/c1-9-11(20-4)6-10(7-12(9)21-5)13(17)16-8-15(2,3)14(18)19/h6-7H,8H2,1-5H3,(H,16,17)(H,18,19). The van der Waals surface area contributed by atoms with Gasteiger partial charge in [0.05, 0.1) is 19.6 Å². The van der Waals surface area contributed by atoms with Gasteiger partial charge in [-0.15, -0.1) is 0 Å². The average molecular weight is 295 g/mol. The number of aliphatic carboxylic acids is 1. The highest BCUT2D eigenvalue weighted by Crippen LogP contribution is 2.29. The second kappa shape index (κ2) is 6.47. The molecule has 1 amide bonds. The summed E-state index contributed by atoms with van der Waals surface area (Å²) >= 11 is 0. The minimum atomic E-state index is -1.03. The molecule has 0 atom stereocenters. The molecule has 1 aromatic carbocycles. The number of hydrogen-bond donors (Lipinski definition) is 2. The summed E-state index contributed by atoms with van der Waals surface area (Å²) in [4.78, 5) is 23.2. The predicted molar refractivity (Wildman–Crippen MR) is 78.0 cm³/mol. The van der Waals surface area contributed by atoms with Gasteiger partial charge >= 0.3 is 5.97 Å². The van der Waals surface area contributed by atoms with Crippen LogP contribution in [0.15, 0.2) is 12.1 Å². The molecule has 0 aliphatic carbocycles. The molecule has 0 saturated heterocycles. The fourth-order valence-electron chi connectivity index (χ4n) is 1.70. The normalized spacial score (nSPS) is 10.9. The van der Waals surface area contributed by atoms with Crippen molar-refractivity contribution in [2.75, 3.05) is 20.8 Å². The van der Waals surface area contributed by atoms with Gasteiger partial charge in [0.25, 0.3) is 5.91 Å². The van der Waals surface area contributed by atoms with Gasteiger partial charge in [0, 0.05) is 17.7 Å². The van der Waals surface area contributed by atoms with E-state index in [2.05, 4.69) is 5.32 Å². The molecule has 0 spiro atoms. The number of methoxy groups -OCH3 is 2. The van der Waals surface area contributed by atoms with E-state index in [4.69, 9.17) is 14.6 Å². The van der Waals surface area contributed by atoms with Gasteiger partial charge in [0.1, 0.15) is 11.5 Å². The largest absolute Gasteiger partial charge is 0.496 e. The Labute approximate surface area is 124 Å². The monoisotopic (exact) mass is 295 g/mol. The molecule has 6 heteroatoms. The van der Waals surface area contributed by atoms with Gasteiger partial charge in [-0.3, -0.25) is 9.59 Å². The number of carbonyl (C=O) groups is 2. The van der Waals surface area contributed by atoms with Gasteiger partial charge in [0.2, 0.25) is 0 Å². The van der Waals surface area contributed by atoms with E-state index in [1.54, 1.807) is 26.0 Å². The lowest BCUT2D eigenvalue weighted by atomic mass is 9.94. The Morgan fingerprint density at radius 3 is 2.05 bits per heavy atom. The zero-order valence-electron chi connectivity index (χ0n) is 12.9. The van der Waals surface area contributed by atoms with E-state index in [0.717, 1.165) is 5.56 Å². The zero-order valence-corrected chi connectivity index (χ0v) is 12.9. The zero-order chi connectivity index (χ0) is 16.2. The highest BCUT2D eigenvalue weighted by Gasteiger charge is 2.28. The molecule has 2 N–H and O–H groups in total. The Morgan fingerprint density at radius 2 is 1.67 bits per heavy atom. The first-order valence-electron chi connectivity index (χ1n) is 6.47. The van der Waals surface area contributed by atoms with Crippen LogP contribution in [0.25, 0.3) is 0 Å². The molecule has 0 saturated carbocycles. The summed E-state index contributed by atoms with van der Waals surface area (Å²) in [5.74, 6) is -0.267. The van der Waals surface area contributed by atoms with E-state index in [9.17, 15) is 9.59 Å². The van der Waals surface area contributed by atoms with Crippen molar-refractivity contribution in [2.45, 2.75) is 20.8 Å². The molecule has 116 valence electrons. The number of hydrogen-bond acceptors (Lipinski definition) is 4. The number of benzene rings is 1. The predicted octanol–water partition coefficient (Wildman–Crippen LogP) is 1.85. The maximum atomic E-state index is 12.1. The average Bonchev–Trinajstić information content (AvgIpc) is 2.44. The first kappa shape index (κ1) is 16.8. The Bertz CT molecular complexity index is 526. The Balaban J connectivity index is 2.95. The number of nitrogens with one attached hydrogen (secondary N) is 1. The fraction of sp³-hybridized carbons (Fsp3) is 0.467. The van der Waals surface area contributed by atoms with E-state index >= 15 is 0 Å². The van der Waals surface area contributed by atoms with Crippen LogP contribution < -0.4 is 14.8 Å². The molecule has 0 aliphatic heterocycles. The summed E-state index contributed by atoms with van der Waals surface area (Å²) in [5.41, 5.74) is 0.118. The second-order valence-corrected chi connectivity index (χ2v) is 5.38. The van der Waals surface area contributed by atoms with Gasteiger partial charge < -0.3 is 19.9 Å². The van der Waals surface area contributed by atoms with Crippen molar-refractivity contribution in [3.63, 3.8) is 0 Å². The minimum absolute atomic E-state index is 0.0275. The third-order valence-electron chi connectivity index (χ3n) is 3.28. The molecule has 21 heavy (non-hydrogen) atoms. The van der Waals surface area contributed by atoms with Gasteiger partial charge in [-0.2, -0.15) is 0 Å². The van der Waals surface area contributed by atoms with Gasteiger partial charge in [-0.25, -0.2) is 0 Å². The lowest BCUT2D eigenvalue weighted by Crippen LogP contribution is -2.38. The van der Waals surface area contributed by atoms with Crippen LogP contribution in [-0.4, -0.2) is 37.7 Å². The second-order valence-electron chi connectivity index (χ2n) is 5.38. The third kappa shape index (κ3) is 3.87. The summed E-state index contributed by atoms with van der Waals surface area (Å²) in [6.07, 6.45) is 0. The Morgan fingerprint density at radius 1 is 1.19 bits per heavy atom. The highest BCUT2D eigenvalue weighted by atomic mass is 16.5. The summed E-state index contributed by atoms with van der Waals surface area (Å²) in [7, 11) is 3.02. The molecule has 0 unspecified atom stereocenters. The van der Waals surface area contributed by atoms with Crippen LogP contribution >= 0.6 is 0 Å². The number of rotatable bonds is 6. The third-order valence-corrected chi connectivity index (χ3v) is 3.28. The van der Waals surface area contributed by atoms with Gasteiger partial charge in [-0.1, -0.05) is 0 Å². The van der Waals surface area contributed by atoms with E-state index in [1.165, 1.54) is 14.2 Å². The Kier molecular flexibility index (Phi) is 5.18. The molecular weight excluding hydrogens is 274 g/mol. The quantitative estimate of drug-likeness (QED) is 0.836. The van der Waals surface area contributed by atoms with Crippen molar-refractivity contribution in [3.05, 3.63) is 23.3 Å². The van der Waals surface area contributed by atoms with Crippen molar-refractivity contribution >= 4 is 11.9 Å². The first-order chi connectivity index (χ1) is 9.72. The van der Waals surface area contributed by atoms with Crippen LogP contribution in [0.4, 0.5) is 0 Å². The van der Waals surface area contributed by atoms with E-state index in [-0.39, 0.29) is 12.5 Å². The molecule has 1 rings (SSSR count). The molecule has 0 radical (unpaired) electrons.